The molecule has 1 heterocycles. The van der Waals surface area contributed by atoms with E-state index in [9.17, 15) is 0 Å². The molecule has 1 aliphatic heterocycles. The first-order valence-corrected chi connectivity index (χ1v) is 6.43. The first-order valence-electron chi connectivity index (χ1n) is 6.43. The van der Waals surface area contributed by atoms with Gasteiger partial charge in [-0.1, -0.05) is 60.7 Å². The molecule has 2 aromatic carbocycles. The average Bonchev–Trinajstić information content (AvgIpc) is 2.49. The summed E-state index contributed by atoms with van der Waals surface area (Å²) in [6.45, 7) is 0. The monoisotopic (exact) mass is 248 g/mol. The number of hydrogen-bond donors (Lipinski definition) is 0. The fourth-order valence-corrected chi connectivity index (χ4v) is 2.25. The molecule has 0 saturated heterocycles. The summed E-state index contributed by atoms with van der Waals surface area (Å²) >= 11 is 0. The zero-order valence-electron chi connectivity index (χ0n) is 10.9. The average molecular weight is 248 g/mol. The van der Waals surface area contributed by atoms with E-state index in [0.29, 0.717) is 0 Å². The predicted molar refractivity (Wildman–Crippen MR) is 79.1 cm³/mol. The van der Waals surface area contributed by atoms with Crippen molar-refractivity contribution in [2.24, 2.45) is 4.99 Å². The van der Waals surface area contributed by atoms with E-state index in [1.54, 1.807) is 0 Å². The minimum Gasteiger partial charge on any atom is -0.355 e. The van der Waals surface area contributed by atoms with E-state index < -0.39 is 0 Å². The standard InChI is InChI=1S/C17H16N2/c1-19-13-12-16(14-8-4-2-5-9-14)18-17(19)15-10-6-3-7-11-15/h2-13,17H,1H3. The van der Waals surface area contributed by atoms with Crippen LogP contribution in [0.5, 0.6) is 0 Å². The highest BCUT2D eigenvalue weighted by molar-refractivity contribution is 6.09. The summed E-state index contributed by atoms with van der Waals surface area (Å²) in [5.74, 6) is 0. The van der Waals surface area contributed by atoms with Crippen molar-refractivity contribution in [2.75, 3.05) is 7.05 Å². The molecule has 0 amide bonds. The Labute approximate surface area is 113 Å². The smallest absolute Gasteiger partial charge is 0.147 e. The quantitative estimate of drug-likeness (QED) is 0.792. The van der Waals surface area contributed by atoms with Gasteiger partial charge in [-0.15, -0.1) is 0 Å². The van der Waals surface area contributed by atoms with E-state index in [1.165, 1.54) is 5.56 Å². The van der Waals surface area contributed by atoms with Crippen LogP contribution >= 0.6 is 0 Å². The van der Waals surface area contributed by atoms with Gasteiger partial charge in [0.2, 0.25) is 0 Å². The highest BCUT2D eigenvalue weighted by atomic mass is 15.2. The van der Waals surface area contributed by atoms with Crippen molar-refractivity contribution in [3.63, 3.8) is 0 Å². The fraction of sp³-hybridized carbons (Fsp3) is 0.118. The van der Waals surface area contributed by atoms with Crippen molar-refractivity contribution < 1.29 is 0 Å². The number of rotatable bonds is 2. The van der Waals surface area contributed by atoms with E-state index in [2.05, 4.69) is 60.6 Å². The maximum atomic E-state index is 4.86. The van der Waals surface area contributed by atoms with Gasteiger partial charge in [0.15, 0.2) is 0 Å². The Hall–Kier alpha value is -2.35. The van der Waals surface area contributed by atoms with Gasteiger partial charge >= 0.3 is 0 Å². The third-order valence-corrected chi connectivity index (χ3v) is 3.28. The van der Waals surface area contributed by atoms with Gasteiger partial charge in [0.25, 0.3) is 0 Å². The molecule has 94 valence electrons. The first kappa shape index (κ1) is 11.7. The third kappa shape index (κ3) is 2.43. The van der Waals surface area contributed by atoms with Crippen molar-refractivity contribution in [3.8, 4) is 0 Å². The molecule has 19 heavy (non-hydrogen) atoms. The molecule has 0 bridgehead atoms. The van der Waals surface area contributed by atoms with E-state index in [4.69, 9.17) is 4.99 Å². The topological polar surface area (TPSA) is 15.6 Å². The van der Waals surface area contributed by atoms with Crippen LogP contribution in [0, 0.1) is 0 Å². The maximum absolute atomic E-state index is 4.86. The van der Waals surface area contributed by atoms with Crippen LogP contribution in [0.1, 0.15) is 17.3 Å². The Bertz CT molecular complexity index is 600. The molecule has 3 rings (SSSR count). The van der Waals surface area contributed by atoms with Gasteiger partial charge in [0.05, 0.1) is 5.71 Å². The van der Waals surface area contributed by atoms with Gasteiger partial charge in [0, 0.05) is 13.2 Å². The molecule has 1 atom stereocenters. The van der Waals surface area contributed by atoms with Crippen molar-refractivity contribution in [1.29, 1.82) is 0 Å². The number of nitrogens with zero attached hydrogens (tertiary/aromatic N) is 2. The van der Waals surface area contributed by atoms with Crippen LogP contribution in [0.25, 0.3) is 0 Å². The van der Waals surface area contributed by atoms with Gasteiger partial charge in [-0.2, -0.15) is 0 Å². The Morgan fingerprint density at radius 3 is 2.21 bits per heavy atom. The normalized spacial score (nSPS) is 18.3. The summed E-state index contributed by atoms with van der Waals surface area (Å²) < 4.78 is 0. The molecule has 0 radical (unpaired) electrons. The molecular weight excluding hydrogens is 232 g/mol. The molecule has 0 aromatic heterocycles. The number of benzene rings is 2. The summed E-state index contributed by atoms with van der Waals surface area (Å²) in [5.41, 5.74) is 3.41. The molecule has 2 aromatic rings. The molecule has 0 saturated carbocycles. The molecule has 2 nitrogen and oxygen atoms in total. The van der Waals surface area contributed by atoms with E-state index in [-0.39, 0.29) is 6.17 Å². The van der Waals surface area contributed by atoms with Crippen molar-refractivity contribution in [3.05, 3.63) is 84.1 Å². The van der Waals surface area contributed by atoms with Crippen LogP contribution in [0.15, 0.2) is 77.9 Å². The van der Waals surface area contributed by atoms with E-state index in [1.807, 2.05) is 24.3 Å². The molecule has 1 aliphatic rings. The predicted octanol–water partition coefficient (Wildman–Crippen LogP) is 3.63. The molecule has 0 aliphatic carbocycles. The lowest BCUT2D eigenvalue weighted by atomic mass is 10.1. The Kier molecular flexibility index (Phi) is 3.15. The van der Waals surface area contributed by atoms with Crippen LogP contribution < -0.4 is 0 Å². The highest BCUT2D eigenvalue weighted by Gasteiger charge is 2.17. The van der Waals surface area contributed by atoms with E-state index in [0.717, 1.165) is 11.3 Å². The first-order chi connectivity index (χ1) is 9.34. The molecular formula is C17H16N2. The molecule has 0 fully saturated rings. The summed E-state index contributed by atoms with van der Waals surface area (Å²) in [6.07, 6.45) is 4.21. The SMILES string of the molecule is CN1C=CC(c2ccccc2)=NC1c1ccccc1. The Morgan fingerprint density at radius 1 is 0.895 bits per heavy atom. The van der Waals surface area contributed by atoms with E-state index >= 15 is 0 Å². The summed E-state index contributed by atoms with van der Waals surface area (Å²) in [7, 11) is 2.06. The Balaban J connectivity index is 1.98. The van der Waals surface area contributed by atoms with Crippen LogP contribution in [0.2, 0.25) is 0 Å². The molecule has 2 heteroatoms. The lowest BCUT2D eigenvalue weighted by molar-refractivity contribution is 0.344. The number of aliphatic imine (C=N–C) groups is 1. The van der Waals surface area contributed by atoms with Gasteiger partial charge in [0.1, 0.15) is 6.17 Å². The van der Waals surface area contributed by atoms with Crippen LogP contribution in [-0.4, -0.2) is 17.7 Å². The molecule has 0 spiro atoms. The van der Waals surface area contributed by atoms with Gasteiger partial charge in [-0.25, -0.2) is 0 Å². The third-order valence-electron chi connectivity index (χ3n) is 3.28. The fourth-order valence-electron chi connectivity index (χ4n) is 2.25. The number of hydrogen-bond acceptors (Lipinski definition) is 2. The Morgan fingerprint density at radius 2 is 1.53 bits per heavy atom. The zero-order chi connectivity index (χ0) is 13.1. The van der Waals surface area contributed by atoms with Crippen LogP contribution in [0.3, 0.4) is 0 Å². The van der Waals surface area contributed by atoms with Crippen molar-refractivity contribution in [1.82, 2.24) is 4.90 Å². The zero-order valence-corrected chi connectivity index (χ0v) is 10.9. The van der Waals surface area contributed by atoms with Gasteiger partial charge < -0.3 is 4.90 Å². The summed E-state index contributed by atoms with van der Waals surface area (Å²) in [6, 6.07) is 20.7. The number of allylic oxidation sites excluding steroid dienone is 1. The summed E-state index contributed by atoms with van der Waals surface area (Å²) in [4.78, 5) is 6.99. The van der Waals surface area contributed by atoms with Gasteiger partial charge in [-0.3, -0.25) is 4.99 Å². The van der Waals surface area contributed by atoms with Crippen molar-refractivity contribution >= 4 is 5.71 Å². The minimum absolute atomic E-state index is 0.0569. The molecule has 0 N–H and O–H groups in total. The highest BCUT2D eigenvalue weighted by Crippen LogP contribution is 2.25. The minimum atomic E-state index is 0.0569. The van der Waals surface area contributed by atoms with Crippen LogP contribution in [-0.2, 0) is 0 Å². The second-order valence-corrected chi connectivity index (χ2v) is 4.65. The second kappa shape index (κ2) is 5.11. The van der Waals surface area contributed by atoms with Crippen LogP contribution in [0.4, 0.5) is 0 Å². The second-order valence-electron chi connectivity index (χ2n) is 4.65. The lowest BCUT2D eigenvalue weighted by Gasteiger charge is -2.27. The maximum Gasteiger partial charge on any atom is 0.147 e. The largest absolute Gasteiger partial charge is 0.355 e. The van der Waals surface area contributed by atoms with Crippen molar-refractivity contribution in [2.45, 2.75) is 6.17 Å². The molecule has 1 unspecified atom stereocenters. The lowest BCUT2D eigenvalue weighted by Crippen LogP contribution is -2.22. The summed E-state index contributed by atoms with van der Waals surface area (Å²) in [5, 5.41) is 0. The van der Waals surface area contributed by atoms with Gasteiger partial charge in [-0.05, 0) is 17.2 Å².